The summed E-state index contributed by atoms with van der Waals surface area (Å²) in [4.78, 5) is 7.90. The van der Waals surface area contributed by atoms with Crippen LogP contribution < -0.4 is 5.32 Å². The van der Waals surface area contributed by atoms with Gasteiger partial charge in [-0.05, 0) is 25.1 Å². The molecular formula is C17H19N3O2. The van der Waals surface area contributed by atoms with Gasteiger partial charge in [-0.15, -0.1) is 0 Å². The molecule has 4 N–H and O–H groups in total. The predicted octanol–water partition coefficient (Wildman–Crippen LogP) is 2.30. The largest absolute Gasteiger partial charge is 0.394 e. The van der Waals surface area contributed by atoms with Crippen molar-refractivity contribution >= 4 is 16.7 Å². The minimum Gasteiger partial charge on any atom is -0.394 e. The Bertz CT molecular complexity index is 765. The van der Waals surface area contributed by atoms with E-state index in [-0.39, 0.29) is 6.61 Å². The lowest BCUT2D eigenvalue weighted by atomic mass is 10.1. The number of aliphatic hydroxyl groups is 2. The molecule has 3 rings (SSSR count). The molecule has 5 heteroatoms. The highest BCUT2D eigenvalue weighted by Crippen LogP contribution is 2.23. The van der Waals surface area contributed by atoms with Gasteiger partial charge in [-0.2, -0.15) is 0 Å². The minimum absolute atomic E-state index is 0.253. The topological polar surface area (TPSA) is 81.2 Å². The van der Waals surface area contributed by atoms with Crippen molar-refractivity contribution in [1.82, 2.24) is 9.97 Å². The number of aryl methyl sites for hydroxylation is 1. The Hall–Kier alpha value is -2.37. The van der Waals surface area contributed by atoms with Crippen LogP contribution in [-0.2, 0) is 0 Å². The number of anilines is 1. The van der Waals surface area contributed by atoms with Gasteiger partial charge in [0.05, 0.1) is 23.7 Å². The van der Waals surface area contributed by atoms with Crippen molar-refractivity contribution < 1.29 is 10.2 Å². The summed E-state index contributed by atoms with van der Waals surface area (Å²) in [5, 5.41) is 21.3. The number of hydrogen-bond acceptors (Lipinski definition) is 4. The number of hydrogen-bond donors (Lipinski definition) is 4. The second-order valence-corrected chi connectivity index (χ2v) is 5.40. The maximum Gasteiger partial charge on any atom is 0.138 e. The van der Waals surface area contributed by atoms with Gasteiger partial charge in [0.15, 0.2) is 0 Å². The Morgan fingerprint density at radius 3 is 2.68 bits per heavy atom. The van der Waals surface area contributed by atoms with Crippen LogP contribution in [0.4, 0.5) is 5.69 Å². The number of aromatic nitrogens is 2. The first-order valence-electron chi connectivity index (χ1n) is 7.25. The Balaban J connectivity index is 1.85. The Morgan fingerprint density at radius 2 is 1.95 bits per heavy atom. The average Bonchev–Trinajstić information content (AvgIpc) is 2.96. The van der Waals surface area contributed by atoms with Gasteiger partial charge in [-0.1, -0.05) is 29.8 Å². The summed E-state index contributed by atoms with van der Waals surface area (Å²) in [6.45, 7) is 2.11. The molecule has 0 aliphatic carbocycles. The molecule has 0 radical (unpaired) electrons. The highest BCUT2D eigenvalue weighted by atomic mass is 16.3. The fourth-order valence-electron chi connectivity index (χ4n) is 2.27. The van der Waals surface area contributed by atoms with E-state index in [1.54, 1.807) is 0 Å². The normalized spacial score (nSPS) is 12.5. The van der Waals surface area contributed by atoms with E-state index in [1.807, 2.05) is 30.3 Å². The maximum atomic E-state index is 9.38. The van der Waals surface area contributed by atoms with Crippen LogP contribution in [-0.4, -0.2) is 39.4 Å². The number of nitrogens with one attached hydrogen (secondary N) is 2. The summed E-state index contributed by atoms with van der Waals surface area (Å²) in [6, 6.07) is 14.0. The van der Waals surface area contributed by atoms with Crippen LogP contribution in [0.5, 0.6) is 0 Å². The summed E-state index contributed by atoms with van der Waals surface area (Å²) in [6.07, 6.45) is -0.763. The molecule has 2 aromatic carbocycles. The minimum atomic E-state index is -0.763. The van der Waals surface area contributed by atoms with Crippen LogP contribution >= 0.6 is 0 Å². The molecule has 0 bridgehead atoms. The molecule has 0 spiro atoms. The molecule has 1 aromatic heterocycles. The van der Waals surface area contributed by atoms with E-state index in [1.165, 1.54) is 5.56 Å². The van der Waals surface area contributed by atoms with Crippen LogP contribution in [0, 0.1) is 6.92 Å². The van der Waals surface area contributed by atoms with Crippen LogP contribution in [0.1, 0.15) is 5.56 Å². The summed E-state index contributed by atoms with van der Waals surface area (Å²) in [5.41, 5.74) is 4.96. The number of aliphatic hydroxyl groups excluding tert-OH is 2. The fourth-order valence-corrected chi connectivity index (χ4v) is 2.27. The Labute approximate surface area is 128 Å². The van der Waals surface area contributed by atoms with Gasteiger partial charge in [0.1, 0.15) is 5.82 Å². The van der Waals surface area contributed by atoms with Crippen LogP contribution in [0.2, 0.25) is 0 Å². The van der Waals surface area contributed by atoms with E-state index >= 15 is 0 Å². The highest BCUT2D eigenvalue weighted by Gasteiger charge is 2.07. The van der Waals surface area contributed by atoms with Crippen molar-refractivity contribution in [3.8, 4) is 11.4 Å². The molecule has 0 fully saturated rings. The molecule has 0 saturated carbocycles. The first-order chi connectivity index (χ1) is 10.7. The van der Waals surface area contributed by atoms with Gasteiger partial charge in [-0.3, -0.25) is 0 Å². The van der Waals surface area contributed by atoms with Crippen molar-refractivity contribution in [3.05, 3.63) is 48.0 Å². The van der Waals surface area contributed by atoms with Crippen LogP contribution in [0.25, 0.3) is 22.4 Å². The van der Waals surface area contributed by atoms with Gasteiger partial charge in [0.2, 0.25) is 0 Å². The lowest BCUT2D eigenvalue weighted by Crippen LogP contribution is -2.22. The van der Waals surface area contributed by atoms with Gasteiger partial charge in [0.25, 0.3) is 0 Å². The lowest BCUT2D eigenvalue weighted by molar-refractivity contribution is 0.105. The van der Waals surface area contributed by atoms with E-state index in [9.17, 15) is 5.11 Å². The fraction of sp³-hybridized carbons (Fsp3) is 0.235. The Morgan fingerprint density at radius 1 is 1.18 bits per heavy atom. The smallest absolute Gasteiger partial charge is 0.138 e. The third kappa shape index (κ3) is 3.10. The van der Waals surface area contributed by atoms with Crippen molar-refractivity contribution in [2.75, 3.05) is 18.5 Å². The molecule has 0 aliphatic heterocycles. The average molecular weight is 297 g/mol. The van der Waals surface area contributed by atoms with E-state index in [0.29, 0.717) is 6.54 Å². The molecule has 22 heavy (non-hydrogen) atoms. The van der Waals surface area contributed by atoms with Gasteiger partial charge in [-0.25, -0.2) is 4.98 Å². The third-order valence-corrected chi connectivity index (χ3v) is 3.56. The summed E-state index contributed by atoms with van der Waals surface area (Å²) < 4.78 is 0. The zero-order chi connectivity index (χ0) is 15.5. The second kappa shape index (κ2) is 6.17. The number of rotatable bonds is 5. The van der Waals surface area contributed by atoms with E-state index in [0.717, 1.165) is 28.1 Å². The summed E-state index contributed by atoms with van der Waals surface area (Å²) in [5.74, 6) is 0.836. The molecule has 1 atom stereocenters. The molecular weight excluding hydrogens is 278 g/mol. The lowest BCUT2D eigenvalue weighted by Gasteiger charge is -2.09. The van der Waals surface area contributed by atoms with Gasteiger partial charge >= 0.3 is 0 Å². The quantitative estimate of drug-likeness (QED) is 0.582. The van der Waals surface area contributed by atoms with E-state index in [4.69, 9.17) is 5.11 Å². The molecule has 0 aliphatic rings. The van der Waals surface area contributed by atoms with E-state index in [2.05, 4.69) is 34.3 Å². The number of fused-ring (bicyclic) bond motifs is 1. The molecule has 1 unspecified atom stereocenters. The SMILES string of the molecule is Cc1ccc(-c2nc3ccc(NCC(O)CO)cc3[nH]2)cc1. The number of H-pyrrole nitrogens is 1. The maximum absolute atomic E-state index is 9.38. The molecule has 0 saturated heterocycles. The number of imidazole rings is 1. The predicted molar refractivity (Wildman–Crippen MR) is 87.8 cm³/mol. The van der Waals surface area contributed by atoms with Crippen LogP contribution in [0.3, 0.4) is 0 Å². The monoisotopic (exact) mass is 297 g/mol. The number of benzene rings is 2. The zero-order valence-corrected chi connectivity index (χ0v) is 12.4. The number of nitrogens with zero attached hydrogens (tertiary/aromatic N) is 1. The first-order valence-corrected chi connectivity index (χ1v) is 7.25. The van der Waals surface area contributed by atoms with E-state index < -0.39 is 6.10 Å². The van der Waals surface area contributed by atoms with Crippen molar-refractivity contribution in [3.63, 3.8) is 0 Å². The number of aromatic amines is 1. The highest BCUT2D eigenvalue weighted by molar-refractivity contribution is 5.82. The van der Waals surface area contributed by atoms with Crippen LogP contribution in [0.15, 0.2) is 42.5 Å². The van der Waals surface area contributed by atoms with Gasteiger partial charge in [0, 0.05) is 17.8 Å². The molecule has 3 aromatic rings. The van der Waals surface area contributed by atoms with Crippen molar-refractivity contribution in [2.24, 2.45) is 0 Å². The molecule has 5 nitrogen and oxygen atoms in total. The summed E-state index contributed by atoms with van der Waals surface area (Å²) >= 11 is 0. The van der Waals surface area contributed by atoms with Crippen molar-refractivity contribution in [2.45, 2.75) is 13.0 Å². The molecule has 114 valence electrons. The molecule has 0 amide bonds. The standard InChI is InChI=1S/C17H19N3O2/c1-11-2-4-12(5-3-11)17-19-15-7-6-13(8-16(15)20-17)18-9-14(22)10-21/h2-8,14,18,21-22H,9-10H2,1H3,(H,19,20). The third-order valence-electron chi connectivity index (χ3n) is 3.56. The zero-order valence-electron chi connectivity index (χ0n) is 12.4. The summed E-state index contributed by atoms with van der Waals surface area (Å²) in [7, 11) is 0. The second-order valence-electron chi connectivity index (χ2n) is 5.40. The Kier molecular flexibility index (Phi) is 4.09. The molecule has 1 heterocycles. The van der Waals surface area contributed by atoms with Gasteiger partial charge < -0.3 is 20.5 Å². The first kappa shape index (κ1) is 14.6. The van der Waals surface area contributed by atoms with Crippen molar-refractivity contribution in [1.29, 1.82) is 0 Å².